The SMILES string of the molecule is CCOc1ccc(-c2cc(C(=O)O)c3c(-c4ccccc4)[nH]nc3n2)cc1. The Morgan fingerprint density at radius 1 is 1.07 bits per heavy atom. The summed E-state index contributed by atoms with van der Waals surface area (Å²) in [7, 11) is 0. The fourth-order valence-corrected chi connectivity index (χ4v) is 3.04. The minimum absolute atomic E-state index is 0.163. The van der Waals surface area contributed by atoms with E-state index in [1.807, 2.05) is 61.5 Å². The first-order valence-corrected chi connectivity index (χ1v) is 8.58. The number of nitrogens with zero attached hydrogens (tertiary/aromatic N) is 2. The summed E-state index contributed by atoms with van der Waals surface area (Å²) in [6.07, 6.45) is 0. The zero-order valence-electron chi connectivity index (χ0n) is 14.6. The number of carboxylic acids is 1. The fraction of sp³-hybridized carbons (Fsp3) is 0.0952. The monoisotopic (exact) mass is 359 g/mol. The molecule has 27 heavy (non-hydrogen) atoms. The van der Waals surface area contributed by atoms with Crippen LogP contribution in [0.25, 0.3) is 33.5 Å². The molecule has 0 aliphatic carbocycles. The van der Waals surface area contributed by atoms with Crippen LogP contribution in [0.4, 0.5) is 0 Å². The van der Waals surface area contributed by atoms with Crippen LogP contribution in [0.15, 0.2) is 60.7 Å². The number of H-pyrrole nitrogens is 1. The first-order chi connectivity index (χ1) is 13.2. The van der Waals surface area contributed by atoms with Crippen molar-refractivity contribution in [1.29, 1.82) is 0 Å². The summed E-state index contributed by atoms with van der Waals surface area (Å²) < 4.78 is 5.45. The number of aromatic nitrogens is 3. The number of ether oxygens (including phenoxy) is 1. The van der Waals surface area contributed by atoms with E-state index in [0.717, 1.165) is 16.9 Å². The van der Waals surface area contributed by atoms with Crippen molar-refractivity contribution in [3.05, 3.63) is 66.2 Å². The molecule has 2 aromatic heterocycles. The molecular weight excluding hydrogens is 342 g/mol. The maximum atomic E-state index is 11.9. The molecule has 4 aromatic rings. The second kappa shape index (κ2) is 6.92. The van der Waals surface area contributed by atoms with E-state index in [9.17, 15) is 9.90 Å². The molecule has 134 valence electrons. The number of hydrogen-bond donors (Lipinski definition) is 2. The Kier molecular flexibility index (Phi) is 4.30. The van der Waals surface area contributed by atoms with Gasteiger partial charge < -0.3 is 9.84 Å². The summed E-state index contributed by atoms with van der Waals surface area (Å²) in [6, 6.07) is 18.5. The Morgan fingerprint density at radius 3 is 2.48 bits per heavy atom. The van der Waals surface area contributed by atoms with Gasteiger partial charge in [-0.3, -0.25) is 5.10 Å². The molecule has 0 radical (unpaired) electrons. The lowest BCUT2D eigenvalue weighted by Crippen LogP contribution is -2.00. The van der Waals surface area contributed by atoms with E-state index in [-0.39, 0.29) is 5.56 Å². The van der Waals surface area contributed by atoms with Crippen LogP contribution in [0.2, 0.25) is 0 Å². The Bertz CT molecular complexity index is 1100. The molecule has 6 heteroatoms. The Morgan fingerprint density at radius 2 is 1.81 bits per heavy atom. The smallest absolute Gasteiger partial charge is 0.336 e. The normalized spacial score (nSPS) is 10.9. The number of hydrogen-bond acceptors (Lipinski definition) is 4. The van der Waals surface area contributed by atoms with E-state index in [1.54, 1.807) is 6.07 Å². The zero-order valence-corrected chi connectivity index (χ0v) is 14.6. The van der Waals surface area contributed by atoms with Crippen LogP contribution in [-0.2, 0) is 0 Å². The number of nitrogens with one attached hydrogen (secondary N) is 1. The fourth-order valence-electron chi connectivity index (χ4n) is 3.04. The molecule has 0 saturated carbocycles. The van der Waals surface area contributed by atoms with Gasteiger partial charge in [0.05, 0.1) is 28.9 Å². The van der Waals surface area contributed by atoms with Gasteiger partial charge in [-0.25, -0.2) is 9.78 Å². The van der Waals surface area contributed by atoms with Crippen LogP contribution in [0.3, 0.4) is 0 Å². The number of benzene rings is 2. The van der Waals surface area contributed by atoms with Crippen molar-refractivity contribution in [3.8, 4) is 28.3 Å². The van der Waals surface area contributed by atoms with Crippen molar-refractivity contribution in [2.24, 2.45) is 0 Å². The minimum Gasteiger partial charge on any atom is -0.494 e. The van der Waals surface area contributed by atoms with Crippen LogP contribution in [-0.4, -0.2) is 32.9 Å². The van der Waals surface area contributed by atoms with Crippen molar-refractivity contribution in [2.75, 3.05) is 6.61 Å². The van der Waals surface area contributed by atoms with Gasteiger partial charge in [-0.2, -0.15) is 5.10 Å². The Hall–Kier alpha value is -3.67. The predicted molar refractivity (Wildman–Crippen MR) is 103 cm³/mol. The molecule has 6 nitrogen and oxygen atoms in total. The number of aromatic carboxylic acids is 1. The van der Waals surface area contributed by atoms with Crippen LogP contribution in [0, 0.1) is 0 Å². The highest BCUT2D eigenvalue weighted by Crippen LogP contribution is 2.31. The van der Waals surface area contributed by atoms with Crippen molar-refractivity contribution in [1.82, 2.24) is 15.2 Å². The largest absolute Gasteiger partial charge is 0.494 e. The molecule has 0 saturated heterocycles. The second-order valence-electron chi connectivity index (χ2n) is 5.98. The van der Waals surface area contributed by atoms with Crippen molar-refractivity contribution in [2.45, 2.75) is 6.92 Å². The molecule has 0 atom stereocenters. The van der Waals surface area contributed by atoms with E-state index in [4.69, 9.17) is 4.74 Å². The van der Waals surface area contributed by atoms with E-state index in [2.05, 4.69) is 15.2 Å². The van der Waals surface area contributed by atoms with E-state index in [1.165, 1.54) is 0 Å². The van der Waals surface area contributed by atoms with Gasteiger partial charge in [0.1, 0.15) is 5.75 Å². The molecule has 0 aliphatic heterocycles. The van der Waals surface area contributed by atoms with Gasteiger partial charge in [0.25, 0.3) is 0 Å². The molecule has 0 spiro atoms. The molecule has 0 unspecified atom stereocenters. The summed E-state index contributed by atoms with van der Waals surface area (Å²) in [5.74, 6) is -0.264. The van der Waals surface area contributed by atoms with E-state index < -0.39 is 5.97 Å². The summed E-state index contributed by atoms with van der Waals surface area (Å²) in [4.78, 5) is 16.5. The molecule has 0 fully saturated rings. The van der Waals surface area contributed by atoms with Crippen molar-refractivity contribution < 1.29 is 14.6 Å². The molecule has 2 N–H and O–H groups in total. The van der Waals surface area contributed by atoms with Crippen LogP contribution in [0.5, 0.6) is 5.75 Å². The molecule has 2 aromatic carbocycles. The summed E-state index contributed by atoms with van der Waals surface area (Å²) in [5, 5.41) is 17.5. The van der Waals surface area contributed by atoms with Gasteiger partial charge in [-0.1, -0.05) is 30.3 Å². The van der Waals surface area contributed by atoms with Gasteiger partial charge in [-0.05, 0) is 37.3 Å². The maximum Gasteiger partial charge on any atom is 0.336 e. The highest BCUT2D eigenvalue weighted by atomic mass is 16.5. The maximum absolute atomic E-state index is 11.9. The zero-order chi connectivity index (χ0) is 18.8. The Balaban J connectivity index is 1.87. The van der Waals surface area contributed by atoms with E-state index in [0.29, 0.717) is 29.0 Å². The first kappa shape index (κ1) is 16.8. The molecular formula is C21H17N3O3. The molecule has 4 rings (SSSR count). The summed E-state index contributed by atoms with van der Waals surface area (Å²) in [6.45, 7) is 2.51. The number of rotatable bonds is 5. The standard InChI is InChI=1S/C21H17N3O3/c1-2-27-15-10-8-13(9-11-15)17-12-16(21(25)26)18-19(23-24-20(18)22-17)14-6-4-3-5-7-14/h3-12H,2H2,1H3,(H,25,26)(H,22,23,24). The number of pyridine rings is 1. The highest BCUT2D eigenvalue weighted by molar-refractivity contribution is 6.08. The van der Waals surface area contributed by atoms with Gasteiger partial charge in [0, 0.05) is 11.1 Å². The number of aromatic amines is 1. The lowest BCUT2D eigenvalue weighted by Gasteiger charge is -2.07. The number of carbonyl (C=O) groups is 1. The third-order valence-electron chi connectivity index (χ3n) is 4.28. The third-order valence-corrected chi connectivity index (χ3v) is 4.28. The van der Waals surface area contributed by atoms with Gasteiger partial charge in [-0.15, -0.1) is 0 Å². The highest BCUT2D eigenvalue weighted by Gasteiger charge is 2.19. The van der Waals surface area contributed by atoms with E-state index >= 15 is 0 Å². The number of fused-ring (bicyclic) bond motifs is 1. The minimum atomic E-state index is -1.02. The topological polar surface area (TPSA) is 88.1 Å². The molecule has 2 heterocycles. The average molecular weight is 359 g/mol. The molecule has 0 bridgehead atoms. The lowest BCUT2D eigenvalue weighted by molar-refractivity contribution is 0.0699. The number of carboxylic acid groups (broad SMARTS) is 1. The molecule has 0 aliphatic rings. The van der Waals surface area contributed by atoms with Gasteiger partial charge in [0.2, 0.25) is 0 Å². The first-order valence-electron chi connectivity index (χ1n) is 8.58. The molecule has 0 amide bonds. The quantitative estimate of drug-likeness (QED) is 0.552. The average Bonchev–Trinajstić information content (AvgIpc) is 3.12. The lowest BCUT2D eigenvalue weighted by atomic mass is 10.0. The second-order valence-corrected chi connectivity index (χ2v) is 5.98. The predicted octanol–water partition coefficient (Wildman–Crippen LogP) is 4.39. The van der Waals surface area contributed by atoms with Crippen LogP contribution >= 0.6 is 0 Å². The van der Waals surface area contributed by atoms with Gasteiger partial charge in [0.15, 0.2) is 5.65 Å². The summed E-state index contributed by atoms with van der Waals surface area (Å²) >= 11 is 0. The third kappa shape index (κ3) is 3.13. The van der Waals surface area contributed by atoms with Crippen LogP contribution in [0.1, 0.15) is 17.3 Å². The van der Waals surface area contributed by atoms with Gasteiger partial charge >= 0.3 is 5.97 Å². The Labute approximate surface area is 155 Å². The summed E-state index contributed by atoms with van der Waals surface area (Å²) in [5.41, 5.74) is 3.39. The van der Waals surface area contributed by atoms with Crippen molar-refractivity contribution >= 4 is 17.0 Å². The van der Waals surface area contributed by atoms with Crippen molar-refractivity contribution in [3.63, 3.8) is 0 Å². The van der Waals surface area contributed by atoms with Crippen LogP contribution < -0.4 is 4.74 Å².